The van der Waals surface area contributed by atoms with Gasteiger partial charge in [-0.3, -0.25) is 4.72 Å². The molecule has 1 fully saturated rings. The van der Waals surface area contributed by atoms with Gasteiger partial charge in [0, 0.05) is 12.1 Å². The van der Waals surface area contributed by atoms with E-state index in [1.165, 1.54) is 12.1 Å². The SMILES string of the molecule is Cc1cccc(C)c1-c1nc(NS(=O)(=O)c2cccc(N3CCCC3c3nn[nH]n3)n2)ccc1Cl. The van der Waals surface area contributed by atoms with E-state index in [0.29, 0.717) is 28.9 Å². The summed E-state index contributed by atoms with van der Waals surface area (Å²) in [6.07, 6.45) is 1.73. The summed E-state index contributed by atoms with van der Waals surface area (Å²) < 4.78 is 29.0. The van der Waals surface area contributed by atoms with Crippen LogP contribution in [0.4, 0.5) is 11.6 Å². The van der Waals surface area contributed by atoms with Crippen molar-refractivity contribution in [3.63, 3.8) is 0 Å². The van der Waals surface area contributed by atoms with Gasteiger partial charge in [0.1, 0.15) is 11.6 Å². The zero-order valence-corrected chi connectivity index (χ0v) is 20.7. The first-order valence-electron chi connectivity index (χ1n) is 11.1. The van der Waals surface area contributed by atoms with E-state index in [1.807, 2.05) is 36.9 Å². The molecule has 0 spiro atoms. The average molecular weight is 511 g/mol. The molecule has 0 saturated carbocycles. The summed E-state index contributed by atoms with van der Waals surface area (Å²) in [6, 6.07) is 13.8. The van der Waals surface area contributed by atoms with Gasteiger partial charge in [0.25, 0.3) is 10.0 Å². The lowest BCUT2D eigenvalue weighted by Crippen LogP contribution is -2.25. The quantitative estimate of drug-likeness (QED) is 0.397. The highest BCUT2D eigenvalue weighted by atomic mass is 35.5. The molecule has 5 rings (SSSR count). The van der Waals surface area contributed by atoms with Crippen LogP contribution in [0, 0.1) is 13.8 Å². The molecule has 1 unspecified atom stereocenters. The maximum Gasteiger partial charge on any atom is 0.280 e. The Bertz CT molecular complexity index is 1460. The van der Waals surface area contributed by atoms with E-state index in [1.54, 1.807) is 18.2 Å². The highest BCUT2D eigenvalue weighted by Gasteiger charge is 2.31. The summed E-state index contributed by atoms with van der Waals surface area (Å²) in [6.45, 7) is 4.64. The van der Waals surface area contributed by atoms with Crippen LogP contribution in [0.5, 0.6) is 0 Å². The van der Waals surface area contributed by atoms with Crippen LogP contribution in [-0.4, -0.2) is 45.6 Å². The fraction of sp³-hybridized carbons (Fsp3) is 0.261. The Morgan fingerprint density at radius 2 is 1.83 bits per heavy atom. The monoisotopic (exact) mass is 510 g/mol. The lowest BCUT2D eigenvalue weighted by Gasteiger charge is -2.23. The summed E-state index contributed by atoms with van der Waals surface area (Å²) in [5.74, 6) is 1.24. The number of aromatic amines is 1. The van der Waals surface area contributed by atoms with Crippen molar-refractivity contribution in [2.45, 2.75) is 37.8 Å². The molecule has 3 aromatic heterocycles. The summed E-state index contributed by atoms with van der Waals surface area (Å²) in [5, 5.41) is 14.6. The summed E-state index contributed by atoms with van der Waals surface area (Å²) in [4.78, 5) is 11.0. The van der Waals surface area contributed by atoms with Crippen LogP contribution >= 0.6 is 11.6 Å². The molecule has 180 valence electrons. The van der Waals surface area contributed by atoms with Gasteiger partial charge >= 0.3 is 0 Å². The lowest BCUT2D eigenvalue weighted by molar-refractivity contribution is 0.596. The van der Waals surface area contributed by atoms with Crippen LogP contribution in [0.15, 0.2) is 53.6 Å². The van der Waals surface area contributed by atoms with Gasteiger partial charge in [-0.25, -0.2) is 9.97 Å². The number of nitrogens with zero attached hydrogens (tertiary/aromatic N) is 6. The van der Waals surface area contributed by atoms with Crippen LogP contribution in [0.1, 0.15) is 35.8 Å². The highest BCUT2D eigenvalue weighted by Crippen LogP contribution is 2.34. The third kappa shape index (κ3) is 4.56. The Kier molecular flexibility index (Phi) is 6.12. The molecule has 4 aromatic rings. The Labute approximate surface area is 207 Å². The fourth-order valence-electron chi connectivity index (χ4n) is 4.39. The van der Waals surface area contributed by atoms with Crippen molar-refractivity contribution in [3.05, 3.63) is 70.5 Å². The van der Waals surface area contributed by atoms with Gasteiger partial charge in [-0.15, -0.1) is 10.2 Å². The van der Waals surface area contributed by atoms with Gasteiger partial charge in [-0.2, -0.15) is 13.6 Å². The maximum absolute atomic E-state index is 13.2. The number of aryl methyl sites for hydroxylation is 2. The van der Waals surface area contributed by atoms with Crippen molar-refractivity contribution in [2.75, 3.05) is 16.2 Å². The molecule has 35 heavy (non-hydrogen) atoms. The number of rotatable bonds is 6. The standard InChI is InChI=1S/C23H23ClN8O2S/c1-14-6-3-7-15(2)21(14)22-16(24)11-12-18(25-22)29-35(33,34)20-10-4-9-19(26-20)32-13-5-8-17(32)23-27-30-31-28-23/h3-4,6-7,9-12,17H,5,8,13H2,1-2H3,(H,25,29)(H,27,28,30,31). The number of hydrogen-bond donors (Lipinski definition) is 2. The van der Waals surface area contributed by atoms with Crippen molar-refractivity contribution in [1.29, 1.82) is 0 Å². The van der Waals surface area contributed by atoms with Crippen LogP contribution in [-0.2, 0) is 10.0 Å². The number of tetrazole rings is 1. The molecule has 12 heteroatoms. The molecule has 1 atom stereocenters. The molecule has 1 aliphatic heterocycles. The second kappa shape index (κ2) is 9.23. The van der Waals surface area contributed by atoms with E-state index in [2.05, 4.69) is 35.3 Å². The van der Waals surface area contributed by atoms with Crippen LogP contribution < -0.4 is 9.62 Å². The molecule has 2 N–H and O–H groups in total. The molecule has 4 heterocycles. The number of halogens is 1. The maximum atomic E-state index is 13.2. The number of pyridine rings is 2. The first kappa shape index (κ1) is 23.2. The smallest absolute Gasteiger partial charge is 0.280 e. The number of benzene rings is 1. The van der Waals surface area contributed by atoms with Crippen molar-refractivity contribution in [2.24, 2.45) is 0 Å². The van der Waals surface area contributed by atoms with E-state index < -0.39 is 10.0 Å². The Balaban J connectivity index is 1.45. The van der Waals surface area contributed by atoms with Crippen LogP contribution in [0.3, 0.4) is 0 Å². The van der Waals surface area contributed by atoms with Crippen molar-refractivity contribution in [1.82, 2.24) is 30.6 Å². The number of nitrogens with one attached hydrogen (secondary N) is 2. The minimum Gasteiger partial charge on any atom is -0.346 e. The number of anilines is 2. The second-order valence-electron chi connectivity index (χ2n) is 8.35. The molecule has 0 amide bonds. The predicted molar refractivity (Wildman–Crippen MR) is 133 cm³/mol. The van der Waals surface area contributed by atoms with Gasteiger partial charge in [0.15, 0.2) is 10.9 Å². The van der Waals surface area contributed by atoms with Crippen LogP contribution in [0.2, 0.25) is 5.02 Å². The van der Waals surface area contributed by atoms with E-state index in [0.717, 1.165) is 29.5 Å². The number of aromatic nitrogens is 6. The Hall–Kier alpha value is -3.57. The summed E-state index contributed by atoms with van der Waals surface area (Å²) >= 11 is 6.44. The third-order valence-corrected chi connectivity index (χ3v) is 7.55. The average Bonchev–Trinajstić information content (AvgIpc) is 3.53. The molecule has 1 aromatic carbocycles. The van der Waals surface area contributed by atoms with E-state index >= 15 is 0 Å². The van der Waals surface area contributed by atoms with Crippen molar-refractivity contribution in [3.8, 4) is 11.3 Å². The topological polar surface area (TPSA) is 130 Å². The predicted octanol–water partition coefficient (Wildman–Crippen LogP) is 4.07. The minimum atomic E-state index is -4.01. The van der Waals surface area contributed by atoms with E-state index in [-0.39, 0.29) is 16.9 Å². The lowest BCUT2D eigenvalue weighted by atomic mass is 9.99. The molecule has 0 radical (unpaired) electrons. The van der Waals surface area contributed by atoms with Gasteiger partial charge in [-0.1, -0.05) is 41.1 Å². The van der Waals surface area contributed by atoms with Gasteiger partial charge in [0.2, 0.25) is 0 Å². The molecule has 10 nitrogen and oxygen atoms in total. The zero-order valence-electron chi connectivity index (χ0n) is 19.1. The van der Waals surface area contributed by atoms with E-state index in [4.69, 9.17) is 11.6 Å². The molecule has 0 bridgehead atoms. The molecular formula is C23H23ClN8O2S. The molecule has 1 aliphatic rings. The molecule has 0 aliphatic carbocycles. The zero-order chi connectivity index (χ0) is 24.6. The first-order chi connectivity index (χ1) is 16.8. The van der Waals surface area contributed by atoms with Crippen LogP contribution in [0.25, 0.3) is 11.3 Å². The summed E-state index contributed by atoms with van der Waals surface area (Å²) in [7, 11) is -4.01. The fourth-order valence-corrected chi connectivity index (χ4v) is 5.55. The third-order valence-electron chi connectivity index (χ3n) is 5.99. The summed E-state index contributed by atoms with van der Waals surface area (Å²) in [5.41, 5.74) is 3.38. The molecular weight excluding hydrogens is 488 g/mol. The van der Waals surface area contributed by atoms with Gasteiger partial charge in [-0.05, 0) is 62.1 Å². The number of hydrogen-bond acceptors (Lipinski definition) is 8. The highest BCUT2D eigenvalue weighted by molar-refractivity contribution is 7.92. The van der Waals surface area contributed by atoms with Gasteiger partial charge in [0.05, 0.1) is 16.8 Å². The largest absolute Gasteiger partial charge is 0.346 e. The normalized spacial score (nSPS) is 16.0. The van der Waals surface area contributed by atoms with Gasteiger partial charge < -0.3 is 4.90 Å². The van der Waals surface area contributed by atoms with E-state index in [9.17, 15) is 8.42 Å². The number of sulfonamides is 1. The Morgan fingerprint density at radius 3 is 2.57 bits per heavy atom. The second-order valence-corrected chi connectivity index (χ2v) is 10.4. The number of H-pyrrole nitrogens is 1. The minimum absolute atomic E-state index is 0.112. The first-order valence-corrected chi connectivity index (χ1v) is 12.9. The van der Waals surface area contributed by atoms with Crippen molar-refractivity contribution >= 4 is 33.3 Å². The van der Waals surface area contributed by atoms with Crippen molar-refractivity contribution < 1.29 is 8.42 Å². The Morgan fingerprint density at radius 1 is 1.06 bits per heavy atom. The molecule has 1 saturated heterocycles.